The molecule has 1 N–H and O–H groups in total. The molecule has 0 aromatic carbocycles. The number of nitrogens with zero attached hydrogens (tertiary/aromatic N) is 3. The molecule has 6 nitrogen and oxygen atoms in total. The largest absolute Gasteiger partial charge is 0.444 e. The number of amides is 1. The van der Waals surface area contributed by atoms with Crippen LogP contribution in [-0.2, 0) is 6.54 Å². The summed E-state index contributed by atoms with van der Waals surface area (Å²) < 4.78 is 7.35. The van der Waals surface area contributed by atoms with Crippen LogP contribution in [0.5, 0.6) is 0 Å². The molecule has 102 valence electrons. The molecule has 0 atom stereocenters. The number of rotatable bonds is 4. The summed E-state index contributed by atoms with van der Waals surface area (Å²) in [6, 6.07) is 5.21. The smallest absolute Gasteiger partial charge is 0.287 e. The highest BCUT2D eigenvalue weighted by Crippen LogP contribution is 2.14. The second kappa shape index (κ2) is 5.59. The van der Waals surface area contributed by atoms with Crippen LogP contribution in [0.2, 0.25) is 0 Å². The van der Waals surface area contributed by atoms with Crippen LogP contribution >= 0.6 is 27.3 Å². The summed E-state index contributed by atoms with van der Waals surface area (Å²) in [4.78, 5) is 11.8. The highest BCUT2D eigenvalue weighted by Gasteiger charge is 2.11. The monoisotopic (exact) mass is 352 g/mol. The van der Waals surface area contributed by atoms with Gasteiger partial charge in [0.25, 0.3) is 5.91 Å². The number of thiophene rings is 1. The van der Waals surface area contributed by atoms with Crippen molar-refractivity contribution in [3.8, 4) is 5.69 Å². The zero-order valence-electron chi connectivity index (χ0n) is 10.1. The summed E-state index contributed by atoms with van der Waals surface area (Å²) in [5.41, 5.74) is 1.63. The minimum absolute atomic E-state index is 0.252. The van der Waals surface area contributed by atoms with Crippen LogP contribution in [-0.4, -0.2) is 20.9 Å². The number of carbonyl (C=O) groups excluding carboxylic acids is 1. The van der Waals surface area contributed by atoms with Crippen molar-refractivity contribution in [1.82, 2.24) is 20.3 Å². The fourth-order valence-corrected chi connectivity index (χ4v) is 2.52. The number of carbonyl (C=O) groups is 1. The van der Waals surface area contributed by atoms with Gasteiger partial charge in [0.1, 0.15) is 5.69 Å². The van der Waals surface area contributed by atoms with E-state index in [1.807, 2.05) is 16.8 Å². The third-order valence-corrected chi connectivity index (χ3v) is 3.64. The number of halogens is 1. The van der Waals surface area contributed by atoms with Gasteiger partial charge in [0.05, 0.1) is 18.4 Å². The third-order valence-electron chi connectivity index (χ3n) is 2.54. The number of furan rings is 1. The third kappa shape index (κ3) is 2.81. The zero-order valence-corrected chi connectivity index (χ0v) is 12.5. The van der Waals surface area contributed by atoms with E-state index in [2.05, 4.69) is 31.6 Å². The van der Waals surface area contributed by atoms with E-state index in [1.165, 1.54) is 0 Å². The highest BCUT2D eigenvalue weighted by molar-refractivity contribution is 9.10. The van der Waals surface area contributed by atoms with Crippen molar-refractivity contribution >= 4 is 33.2 Å². The number of hydrogen-bond donors (Lipinski definition) is 1. The van der Waals surface area contributed by atoms with Gasteiger partial charge in [-0.25, -0.2) is 4.68 Å². The molecule has 0 aliphatic heterocycles. The molecular weight excluding hydrogens is 344 g/mol. The molecule has 0 spiro atoms. The lowest BCUT2D eigenvalue weighted by Crippen LogP contribution is -2.22. The SMILES string of the molecule is O=C(NCc1cn(-c2ccsc2)nn1)c1ccc(Br)o1. The minimum Gasteiger partial charge on any atom is -0.444 e. The van der Waals surface area contributed by atoms with Gasteiger partial charge in [-0.2, -0.15) is 11.3 Å². The molecular formula is C12H9BrN4O2S. The average Bonchev–Trinajstić information content (AvgIpc) is 3.16. The maximum atomic E-state index is 11.8. The molecule has 20 heavy (non-hydrogen) atoms. The number of aromatic nitrogens is 3. The predicted molar refractivity (Wildman–Crippen MR) is 76.8 cm³/mol. The van der Waals surface area contributed by atoms with Crippen LogP contribution in [0.3, 0.4) is 0 Å². The molecule has 8 heteroatoms. The van der Waals surface area contributed by atoms with Crippen molar-refractivity contribution in [1.29, 1.82) is 0 Å². The molecule has 3 rings (SSSR count). The summed E-state index contributed by atoms with van der Waals surface area (Å²) in [5.74, 6) is -0.0390. The topological polar surface area (TPSA) is 73.0 Å². The lowest BCUT2D eigenvalue weighted by Gasteiger charge is -1.99. The molecule has 0 fully saturated rings. The Balaban J connectivity index is 1.63. The normalized spacial score (nSPS) is 10.7. The predicted octanol–water partition coefficient (Wildman–Crippen LogP) is 2.61. The Labute approximate surface area is 126 Å². The van der Waals surface area contributed by atoms with E-state index in [-0.39, 0.29) is 11.7 Å². The maximum Gasteiger partial charge on any atom is 0.287 e. The average molecular weight is 353 g/mol. The Morgan fingerprint density at radius 1 is 1.45 bits per heavy atom. The van der Waals surface area contributed by atoms with Gasteiger partial charge in [-0.3, -0.25) is 4.79 Å². The second-order valence-corrected chi connectivity index (χ2v) is 5.48. The van der Waals surface area contributed by atoms with E-state index in [4.69, 9.17) is 4.42 Å². The van der Waals surface area contributed by atoms with E-state index in [0.717, 1.165) is 5.69 Å². The molecule has 1 amide bonds. The lowest BCUT2D eigenvalue weighted by molar-refractivity contribution is 0.0921. The van der Waals surface area contributed by atoms with Gasteiger partial charge >= 0.3 is 0 Å². The molecule has 0 aliphatic carbocycles. The number of hydrogen-bond acceptors (Lipinski definition) is 5. The molecule has 3 aromatic rings. The van der Waals surface area contributed by atoms with Crippen LogP contribution in [0, 0.1) is 0 Å². The van der Waals surface area contributed by atoms with Gasteiger partial charge in [-0.05, 0) is 39.5 Å². The van der Waals surface area contributed by atoms with Crippen molar-refractivity contribution in [3.05, 3.63) is 51.3 Å². The second-order valence-electron chi connectivity index (χ2n) is 3.92. The molecule has 3 heterocycles. The first-order chi connectivity index (χ1) is 9.72. The molecule has 0 saturated heterocycles. The van der Waals surface area contributed by atoms with Crippen molar-refractivity contribution in [2.45, 2.75) is 6.54 Å². The van der Waals surface area contributed by atoms with Gasteiger partial charge in [0, 0.05) is 5.38 Å². The molecule has 0 aliphatic rings. The Morgan fingerprint density at radius 2 is 2.35 bits per heavy atom. The fourth-order valence-electron chi connectivity index (χ4n) is 1.59. The van der Waals surface area contributed by atoms with Crippen LogP contribution in [0.25, 0.3) is 5.69 Å². The first kappa shape index (κ1) is 13.1. The summed E-state index contributed by atoms with van der Waals surface area (Å²) in [6.45, 7) is 0.293. The maximum absolute atomic E-state index is 11.8. The van der Waals surface area contributed by atoms with E-state index in [0.29, 0.717) is 16.9 Å². The van der Waals surface area contributed by atoms with Gasteiger partial charge in [-0.15, -0.1) is 5.10 Å². The Morgan fingerprint density at radius 3 is 3.05 bits per heavy atom. The Kier molecular flexibility index (Phi) is 3.66. The highest BCUT2D eigenvalue weighted by atomic mass is 79.9. The Bertz CT molecular complexity index is 719. The van der Waals surface area contributed by atoms with E-state index < -0.39 is 0 Å². The number of nitrogens with one attached hydrogen (secondary N) is 1. The van der Waals surface area contributed by atoms with Gasteiger partial charge in [0.15, 0.2) is 10.4 Å². The van der Waals surface area contributed by atoms with Crippen LogP contribution in [0.1, 0.15) is 16.2 Å². The van der Waals surface area contributed by atoms with Crippen LogP contribution < -0.4 is 5.32 Å². The summed E-state index contributed by atoms with van der Waals surface area (Å²) in [6.07, 6.45) is 1.78. The minimum atomic E-state index is -0.291. The summed E-state index contributed by atoms with van der Waals surface area (Å²) >= 11 is 4.74. The first-order valence-corrected chi connectivity index (χ1v) is 7.43. The van der Waals surface area contributed by atoms with Crippen molar-refractivity contribution in [2.75, 3.05) is 0 Å². The molecule has 0 saturated carbocycles. The fraction of sp³-hybridized carbons (Fsp3) is 0.0833. The molecule has 0 bridgehead atoms. The van der Waals surface area contributed by atoms with E-state index in [1.54, 1.807) is 34.3 Å². The standard InChI is InChI=1S/C12H9BrN4O2S/c13-11-2-1-10(19-11)12(18)14-5-8-6-17(16-15-8)9-3-4-20-7-9/h1-4,6-7H,5H2,(H,14,18). The summed E-state index contributed by atoms with van der Waals surface area (Å²) in [5, 5.41) is 14.7. The zero-order chi connectivity index (χ0) is 13.9. The molecule has 3 aromatic heterocycles. The van der Waals surface area contributed by atoms with Gasteiger partial charge in [0.2, 0.25) is 0 Å². The van der Waals surface area contributed by atoms with Crippen LogP contribution in [0.15, 0.2) is 44.2 Å². The van der Waals surface area contributed by atoms with Gasteiger partial charge in [-0.1, -0.05) is 5.21 Å². The van der Waals surface area contributed by atoms with Crippen molar-refractivity contribution < 1.29 is 9.21 Å². The van der Waals surface area contributed by atoms with E-state index >= 15 is 0 Å². The van der Waals surface area contributed by atoms with Crippen LogP contribution in [0.4, 0.5) is 0 Å². The quantitative estimate of drug-likeness (QED) is 0.783. The first-order valence-electron chi connectivity index (χ1n) is 5.70. The molecule has 0 unspecified atom stereocenters. The van der Waals surface area contributed by atoms with E-state index in [9.17, 15) is 4.79 Å². The molecule has 0 radical (unpaired) electrons. The lowest BCUT2D eigenvalue weighted by atomic mass is 10.4. The Hall–Kier alpha value is -1.93. The van der Waals surface area contributed by atoms with Crippen molar-refractivity contribution in [3.63, 3.8) is 0 Å². The van der Waals surface area contributed by atoms with Gasteiger partial charge < -0.3 is 9.73 Å². The van der Waals surface area contributed by atoms with Crippen molar-refractivity contribution in [2.24, 2.45) is 0 Å². The summed E-state index contributed by atoms with van der Waals surface area (Å²) in [7, 11) is 0.